The van der Waals surface area contributed by atoms with Crippen LogP contribution in [0, 0.1) is 10.1 Å². The van der Waals surface area contributed by atoms with E-state index in [0.717, 1.165) is 0 Å². The topological polar surface area (TPSA) is 70.8 Å². The molecule has 0 radical (unpaired) electrons. The molecule has 0 atom stereocenters. The number of benzene rings is 1. The van der Waals surface area contributed by atoms with Crippen LogP contribution in [0.5, 0.6) is 11.5 Å². The van der Waals surface area contributed by atoms with Crippen LogP contribution < -0.4 is 9.47 Å². The molecule has 17 heavy (non-hydrogen) atoms. The van der Waals surface area contributed by atoms with Crippen molar-refractivity contribution in [1.29, 1.82) is 0 Å². The van der Waals surface area contributed by atoms with Crippen LogP contribution in [0.15, 0.2) is 24.8 Å². The number of nitro benzene ring substituents is 1. The minimum Gasteiger partial charge on any atom is -0.454 e. The Balaban J connectivity index is 2.28. The molecule has 1 aromatic rings. The van der Waals surface area contributed by atoms with Gasteiger partial charge in [-0.1, -0.05) is 6.08 Å². The molecule has 0 amide bonds. The van der Waals surface area contributed by atoms with Crippen LogP contribution in [0.25, 0.3) is 0 Å². The van der Waals surface area contributed by atoms with E-state index in [1.165, 1.54) is 6.07 Å². The van der Waals surface area contributed by atoms with Gasteiger partial charge in [0.25, 0.3) is 5.69 Å². The van der Waals surface area contributed by atoms with Crippen LogP contribution >= 0.6 is 0 Å². The monoisotopic (exact) mass is 237 g/mol. The van der Waals surface area contributed by atoms with Gasteiger partial charge in [0.05, 0.1) is 29.8 Å². The third-order valence-electron chi connectivity index (χ3n) is 2.26. The van der Waals surface area contributed by atoms with Crippen LogP contribution in [0.4, 0.5) is 5.69 Å². The predicted molar refractivity (Wildman–Crippen MR) is 59.1 cm³/mol. The molecule has 6 nitrogen and oxygen atoms in total. The molecule has 1 heterocycles. The van der Waals surface area contributed by atoms with Gasteiger partial charge in [0, 0.05) is 0 Å². The third kappa shape index (κ3) is 2.36. The second-order valence-electron chi connectivity index (χ2n) is 3.40. The van der Waals surface area contributed by atoms with Crippen LogP contribution in [0.1, 0.15) is 5.56 Å². The molecule has 2 rings (SSSR count). The summed E-state index contributed by atoms with van der Waals surface area (Å²) in [5, 5.41) is 10.9. The molecule has 0 bridgehead atoms. The summed E-state index contributed by atoms with van der Waals surface area (Å²) in [6, 6.07) is 2.93. The lowest BCUT2D eigenvalue weighted by Gasteiger charge is -2.04. The van der Waals surface area contributed by atoms with Gasteiger partial charge in [0.1, 0.15) is 0 Å². The highest BCUT2D eigenvalue weighted by Crippen LogP contribution is 2.38. The first-order chi connectivity index (χ1) is 8.22. The van der Waals surface area contributed by atoms with Crippen molar-refractivity contribution in [3.8, 4) is 11.5 Å². The zero-order chi connectivity index (χ0) is 12.3. The van der Waals surface area contributed by atoms with Crippen molar-refractivity contribution >= 4 is 5.69 Å². The second-order valence-corrected chi connectivity index (χ2v) is 3.40. The fraction of sp³-hybridized carbons (Fsp3) is 0.273. The quantitative estimate of drug-likeness (QED) is 0.339. The van der Waals surface area contributed by atoms with Crippen molar-refractivity contribution in [2.24, 2.45) is 0 Å². The fourth-order valence-electron chi connectivity index (χ4n) is 1.51. The third-order valence-corrected chi connectivity index (χ3v) is 2.26. The molecule has 0 saturated heterocycles. The Bertz CT molecular complexity index is 457. The zero-order valence-electron chi connectivity index (χ0n) is 9.05. The first-order valence-electron chi connectivity index (χ1n) is 4.98. The van der Waals surface area contributed by atoms with Gasteiger partial charge in [-0.15, -0.1) is 6.58 Å². The van der Waals surface area contributed by atoms with Gasteiger partial charge in [-0.25, -0.2) is 0 Å². The maximum atomic E-state index is 10.9. The summed E-state index contributed by atoms with van der Waals surface area (Å²) in [5.41, 5.74) is 0.430. The largest absolute Gasteiger partial charge is 0.454 e. The number of fused-ring (bicyclic) bond motifs is 1. The SMILES string of the molecule is C=CCOCc1cc2c(cc1[N+](=O)[O-])OCO2. The number of hydrogen-bond donors (Lipinski definition) is 0. The van der Waals surface area contributed by atoms with Crippen LogP contribution in [-0.2, 0) is 11.3 Å². The smallest absolute Gasteiger partial charge is 0.278 e. The Hall–Kier alpha value is -2.08. The minimum atomic E-state index is -0.464. The van der Waals surface area contributed by atoms with Crippen molar-refractivity contribution in [3.05, 3.63) is 40.5 Å². The molecule has 0 saturated carbocycles. The highest BCUT2D eigenvalue weighted by molar-refractivity contribution is 5.54. The molecular weight excluding hydrogens is 226 g/mol. The molecule has 1 aliphatic rings. The minimum absolute atomic E-state index is 0.0293. The summed E-state index contributed by atoms with van der Waals surface area (Å²) in [4.78, 5) is 10.4. The molecular formula is C11H11NO5. The summed E-state index contributed by atoms with van der Waals surface area (Å²) in [7, 11) is 0. The Kier molecular flexibility index (Phi) is 3.24. The van der Waals surface area contributed by atoms with Gasteiger partial charge in [-0.05, 0) is 6.07 Å². The van der Waals surface area contributed by atoms with Crippen LogP contribution in [-0.4, -0.2) is 18.3 Å². The summed E-state index contributed by atoms with van der Waals surface area (Å²) < 4.78 is 15.4. The van der Waals surface area contributed by atoms with Gasteiger partial charge in [0.15, 0.2) is 11.5 Å². The zero-order valence-corrected chi connectivity index (χ0v) is 9.05. The lowest BCUT2D eigenvalue weighted by atomic mass is 10.1. The molecule has 0 unspecified atom stereocenters. The molecule has 0 aliphatic carbocycles. The molecule has 0 fully saturated rings. The van der Waals surface area contributed by atoms with Crippen molar-refractivity contribution in [1.82, 2.24) is 0 Å². The molecule has 6 heteroatoms. The number of nitro groups is 1. The molecule has 0 spiro atoms. The fourth-order valence-corrected chi connectivity index (χ4v) is 1.51. The van der Waals surface area contributed by atoms with E-state index >= 15 is 0 Å². The average Bonchev–Trinajstić information content (AvgIpc) is 2.75. The maximum Gasteiger partial charge on any atom is 0.278 e. The number of nitrogens with zero attached hydrogens (tertiary/aromatic N) is 1. The van der Waals surface area contributed by atoms with E-state index in [-0.39, 0.29) is 19.1 Å². The standard InChI is InChI=1S/C11H11NO5/c1-2-3-15-6-8-4-10-11(17-7-16-10)5-9(8)12(13)14/h2,4-5H,1,3,6-7H2. The number of ether oxygens (including phenoxy) is 3. The van der Waals surface area contributed by atoms with Crippen molar-refractivity contribution < 1.29 is 19.1 Å². The van der Waals surface area contributed by atoms with Crippen molar-refractivity contribution in [2.45, 2.75) is 6.61 Å². The normalized spacial score (nSPS) is 12.5. The lowest BCUT2D eigenvalue weighted by molar-refractivity contribution is -0.386. The molecule has 90 valence electrons. The number of hydrogen-bond acceptors (Lipinski definition) is 5. The summed E-state index contributed by atoms with van der Waals surface area (Å²) >= 11 is 0. The second kappa shape index (κ2) is 4.84. The average molecular weight is 237 g/mol. The lowest BCUT2D eigenvalue weighted by Crippen LogP contribution is -1.99. The van der Waals surface area contributed by atoms with Gasteiger partial charge in [-0.3, -0.25) is 10.1 Å². The van der Waals surface area contributed by atoms with Gasteiger partial charge in [-0.2, -0.15) is 0 Å². The van der Waals surface area contributed by atoms with E-state index in [1.807, 2.05) is 0 Å². The van der Waals surface area contributed by atoms with Gasteiger partial charge >= 0.3 is 0 Å². The Morgan fingerprint density at radius 2 is 2.18 bits per heavy atom. The highest BCUT2D eigenvalue weighted by atomic mass is 16.7. The first-order valence-corrected chi connectivity index (χ1v) is 4.98. The maximum absolute atomic E-state index is 10.9. The molecule has 0 N–H and O–H groups in total. The van der Waals surface area contributed by atoms with Crippen LogP contribution in [0.3, 0.4) is 0 Å². The van der Waals surface area contributed by atoms with E-state index in [2.05, 4.69) is 6.58 Å². The van der Waals surface area contributed by atoms with E-state index < -0.39 is 4.92 Å². The Labute approximate surface area is 97.6 Å². The van der Waals surface area contributed by atoms with Crippen molar-refractivity contribution in [3.63, 3.8) is 0 Å². The first kappa shape index (κ1) is 11.4. The molecule has 1 aromatic carbocycles. The van der Waals surface area contributed by atoms with E-state index in [4.69, 9.17) is 14.2 Å². The highest BCUT2D eigenvalue weighted by Gasteiger charge is 2.23. The summed E-state index contributed by atoms with van der Waals surface area (Å²) in [5.74, 6) is 0.900. The Morgan fingerprint density at radius 1 is 1.47 bits per heavy atom. The molecule has 1 aliphatic heterocycles. The summed E-state index contributed by atoms with van der Waals surface area (Å²) in [6.07, 6.45) is 1.58. The summed E-state index contributed by atoms with van der Waals surface area (Å²) in [6.45, 7) is 4.07. The Morgan fingerprint density at radius 3 is 2.82 bits per heavy atom. The van der Waals surface area contributed by atoms with Gasteiger partial charge < -0.3 is 14.2 Å². The van der Waals surface area contributed by atoms with Gasteiger partial charge in [0.2, 0.25) is 6.79 Å². The molecule has 0 aromatic heterocycles. The predicted octanol–water partition coefficient (Wildman–Crippen LogP) is 2.03. The van der Waals surface area contributed by atoms with E-state index in [0.29, 0.717) is 23.7 Å². The van der Waals surface area contributed by atoms with Crippen LogP contribution in [0.2, 0.25) is 0 Å². The van der Waals surface area contributed by atoms with E-state index in [9.17, 15) is 10.1 Å². The number of rotatable bonds is 5. The van der Waals surface area contributed by atoms with Crippen molar-refractivity contribution in [2.75, 3.05) is 13.4 Å². The van der Waals surface area contributed by atoms with E-state index in [1.54, 1.807) is 12.1 Å².